The molecule has 0 amide bonds. The number of nitrogens with one attached hydrogen (secondary N) is 1. The average Bonchev–Trinajstić information content (AvgIpc) is 2.74. The van der Waals surface area contributed by atoms with Crippen LogP contribution in [0.2, 0.25) is 0 Å². The monoisotopic (exact) mass is 305 g/mol. The van der Waals surface area contributed by atoms with Gasteiger partial charge < -0.3 is 10.1 Å². The summed E-state index contributed by atoms with van der Waals surface area (Å²) in [6.45, 7) is 11.5. The Morgan fingerprint density at radius 1 is 1.23 bits per heavy atom. The number of ether oxygens (including phenoxy) is 1. The number of aromatic nitrogens is 2. The van der Waals surface area contributed by atoms with Crippen LogP contribution in [0.3, 0.4) is 0 Å². The van der Waals surface area contributed by atoms with Crippen LogP contribution in [0, 0.1) is 12.3 Å². The molecule has 0 spiro atoms. The first-order valence-electron chi connectivity index (χ1n) is 8.32. The molecule has 1 N–H and O–H groups in total. The summed E-state index contributed by atoms with van der Waals surface area (Å²) in [5, 5.41) is 8.14. The van der Waals surface area contributed by atoms with Gasteiger partial charge in [-0.15, -0.1) is 0 Å². The Morgan fingerprint density at radius 3 is 2.36 bits per heavy atom. The van der Waals surface area contributed by atoms with Crippen LogP contribution < -0.4 is 5.32 Å². The lowest BCUT2D eigenvalue weighted by Crippen LogP contribution is -2.33. The second-order valence-electron chi connectivity index (χ2n) is 7.62. The van der Waals surface area contributed by atoms with E-state index in [9.17, 15) is 4.79 Å². The maximum atomic E-state index is 12.9. The van der Waals surface area contributed by atoms with E-state index in [-0.39, 0.29) is 5.91 Å². The Morgan fingerprint density at radius 2 is 1.86 bits per heavy atom. The van der Waals surface area contributed by atoms with Crippen molar-refractivity contribution in [1.29, 1.82) is 0 Å². The molecule has 0 saturated carbocycles. The van der Waals surface area contributed by atoms with Gasteiger partial charge in [-0.1, -0.05) is 20.8 Å². The van der Waals surface area contributed by atoms with Gasteiger partial charge in [0.25, 0.3) is 5.91 Å². The minimum Gasteiger partial charge on any atom is -0.380 e. The highest BCUT2D eigenvalue weighted by Gasteiger charge is 2.35. The van der Waals surface area contributed by atoms with Crippen LogP contribution in [0.1, 0.15) is 67.2 Å². The smallest absolute Gasteiger partial charge is 0.252 e. The van der Waals surface area contributed by atoms with E-state index in [1.165, 1.54) is 5.56 Å². The van der Waals surface area contributed by atoms with Crippen LogP contribution in [0.25, 0.3) is 0 Å². The fourth-order valence-electron chi connectivity index (χ4n) is 3.36. The first-order valence-corrected chi connectivity index (χ1v) is 8.32. The second kappa shape index (κ2) is 5.78. The molecule has 2 saturated heterocycles. The van der Waals surface area contributed by atoms with Crippen molar-refractivity contribution in [3.05, 3.63) is 17.0 Å². The molecule has 1 aromatic heterocycles. The highest BCUT2D eigenvalue weighted by molar-refractivity contribution is 5.84. The largest absolute Gasteiger partial charge is 0.380 e. The lowest BCUT2D eigenvalue weighted by atomic mass is 9.89. The zero-order valence-corrected chi connectivity index (χ0v) is 14.1. The summed E-state index contributed by atoms with van der Waals surface area (Å²) in [6.07, 6.45) is 2.15. The number of hydrogen-bond acceptors (Lipinski definition) is 4. The summed E-state index contributed by atoms with van der Waals surface area (Å²) >= 11 is 0. The molecule has 122 valence electrons. The standard InChI is InChI=1S/C17H27N3O2/c1-11-14(13-9-22-10-13)19-20(16(21)17(2,3)4)15(11)12-5-7-18-8-6-12/h12-13,18H,5-10H2,1-4H3. The molecule has 3 heterocycles. The number of piperidine rings is 1. The molecule has 0 bridgehead atoms. The van der Waals surface area contributed by atoms with Crippen molar-refractivity contribution in [2.75, 3.05) is 26.3 Å². The molecule has 22 heavy (non-hydrogen) atoms. The van der Waals surface area contributed by atoms with Gasteiger partial charge in [0.15, 0.2) is 0 Å². The van der Waals surface area contributed by atoms with Gasteiger partial charge in [0.05, 0.1) is 30.5 Å². The Hall–Kier alpha value is -1.20. The van der Waals surface area contributed by atoms with Gasteiger partial charge in [0.2, 0.25) is 0 Å². The minimum absolute atomic E-state index is 0.0932. The number of hydrogen-bond donors (Lipinski definition) is 1. The summed E-state index contributed by atoms with van der Waals surface area (Å²) in [5.74, 6) is 0.875. The van der Waals surface area contributed by atoms with Gasteiger partial charge in [0, 0.05) is 11.3 Å². The predicted molar refractivity (Wildman–Crippen MR) is 85.5 cm³/mol. The highest BCUT2D eigenvalue weighted by atomic mass is 16.5. The van der Waals surface area contributed by atoms with Gasteiger partial charge in [-0.05, 0) is 38.4 Å². The van der Waals surface area contributed by atoms with Crippen molar-refractivity contribution >= 4 is 5.91 Å². The predicted octanol–water partition coefficient (Wildman–Crippen LogP) is 2.46. The Kier molecular flexibility index (Phi) is 4.12. The van der Waals surface area contributed by atoms with E-state index >= 15 is 0 Å². The summed E-state index contributed by atoms with van der Waals surface area (Å²) in [5.41, 5.74) is 2.99. The highest BCUT2D eigenvalue weighted by Crippen LogP contribution is 2.35. The molecule has 0 aliphatic carbocycles. The van der Waals surface area contributed by atoms with Gasteiger partial charge in [-0.2, -0.15) is 5.10 Å². The van der Waals surface area contributed by atoms with E-state index in [2.05, 4.69) is 12.2 Å². The molecule has 5 nitrogen and oxygen atoms in total. The van der Waals surface area contributed by atoms with Crippen LogP contribution in [0.4, 0.5) is 0 Å². The third kappa shape index (κ3) is 2.72. The normalized spacial score (nSPS) is 20.9. The molecule has 0 unspecified atom stereocenters. The van der Waals surface area contributed by atoms with E-state index in [0.29, 0.717) is 11.8 Å². The van der Waals surface area contributed by atoms with Gasteiger partial charge in [-0.3, -0.25) is 4.79 Å². The number of carbonyl (C=O) groups is 1. The van der Waals surface area contributed by atoms with Crippen LogP contribution in [0.5, 0.6) is 0 Å². The quantitative estimate of drug-likeness (QED) is 0.912. The molecular formula is C17H27N3O2. The molecule has 0 radical (unpaired) electrons. The van der Waals surface area contributed by atoms with Gasteiger partial charge >= 0.3 is 0 Å². The van der Waals surface area contributed by atoms with Crippen LogP contribution in [0.15, 0.2) is 0 Å². The van der Waals surface area contributed by atoms with E-state index in [1.807, 2.05) is 20.8 Å². The van der Waals surface area contributed by atoms with Crippen LogP contribution >= 0.6 is 0 Å². The van der Waals surface area contributed by atoms with Gasteiger partial charge in [-0.25, -0.2) is 4.68 Å². The summed E-state index contributed by atoms with van der Waals surface area (Å²) < 4.78 is 7.04. The van der Waals surface area contributed by atoms with Gasteiger partial charge in [0.1, 0.15) is 0 Å². The third-order valence-electron chi connectivity index (χ3n) is 4.79. The van der Waals surface area contributed by atoms with Crippen LogP contribution in [-0.2, 0) is 4.74 Å². The first kappa shape index (κ1) is 15.7. The zero-order valence-electron chi connectivity index (χ0n) is 14.1. The molecular weight excluding hydrogens is 278 g/mol. The van der Waals surface area contributed by atoms with Crippen molar-refractivity contribution in [1.82, 2.24) is 15.1 Å². The van der Waals surface area contributed by atoms with E-state index < -0.39 is 5.41 Å². The molecule has 2 fully saturated rings. The van der Waals surface area contributed by atoms with Crippen molar-refractivity contribution in [3.63, 3.8) is 0 Å². The third-order valence-corrected chi connectivity index (χ3v) is 4.79. The SMILES string of the molecule is Cc1c(C2COC2)nn(C(=O)C(C)(C)C)c1C1CCNCC1. The Balaban J connectivity index is 2.03. The average molecular weight is 305 g/mol. The van der Waals surface area contributed by atoms with Crippen molar-refractivity contribution in [2.45, 2.75) is 52.4 Å². The second-order valence-corrected chi connectivity index (χ2v) is 7.62. The fraction of sp³-hybridized carbons (Fsp3) is 0.765. The molecule has 5 heteroatoms. The minimum atomic E-state index is -0.423. The topological polar surface area (TPSA) is 56.2 Å². The lowest BCUT2D eigenvalue weighted by molar-refractivity contribution is 0.00618. The molecule has 0 atom stereocenters. The maximum absolute atomic E-state index is 12.9. The summed E-state index contributed by atoms with van der Waals surface area (Å²) in [6, 6.07) is 0. The van der Waals surface area contributed by atoms with E-state index in [1.54, 1.807) is 4.68 Å². The number of nitrogens with zero attached hydrogens (tertiary/aromatic N) is 2. The number of carbonyl (C=O) groups excluding carboxylic acids is 1. The summed E-state index contributed by atoms with van der Waals surface area (Å²) in [7, 11) is 0. The Bertz CT molecular complexity index is 561. The molecule has 2 aliphatic rings. The maximum Gasteiger partial charge on any atom is 0.252 e. The number of rotatable bonds is 2. The van der Waals surface area contributed by atoms with E-state index in [0.717, 1.165) is 50.5 Å². The first-order chi connectivity index (χ1) is 10.4. The van der Waals surface area contributed by atoms with Crippen molar-refractivity contribution < 1.29 is 9.53 Å². The zero-order chi connectivity index (χ0) is 15.9. The van der Waals surface area contributed by atoms with Crippen molar-refractivity contribution in [3.8, 4) is 0 Å². The molecule has 0 aromatic carbocycles. The van der Waals surface area contributed by atoms with Crippen molar-refractivity contribution in [2.24, 2.45) is 5.41 Å². The van der Waals surface area contributed by atoms with Crippen LogP contribution in [-0.4, -0.2) is 42.0 Å². The fourth-order valence-corrected chi connectivity index (χ4v) is 3.36. The lowest BCUT2D eigenvalue weighted by Gasteiger charge is -2.26. The summed E-state index contributed by atoms with van der Waals surface area (Å²) in [4.78, 5) is 12.9. The molecule has 2 aliphatic heterocycles. The molecule has 3 rings (SSSR count). The van der Waals surface area contributed by atoms with E-state index in [4.69, 9.17) is 9.84 Å². The molecule has 1 aromatic rings. The Labute approximate surface area is 132 Å².